The number of carbonyl (C=O) groups excluding carboxylic acids is 2. The van der Waals surface area contributed by atoms with E-state index in [1.165, 1.54) is 18.2 Å². The van der Waals surface area contributed by atoms with Crippen molar-refractivity contribution in [2.24, 2.45) is 5.92 Å². The number of anilines is 1. The Bertz CT molecular complexity index is 737. The van der Waals surface area contributed by atoms with Crippen LogP contribution in [0, 0.1) is 11.7 Å². The third kappa shape index (κ3) is 5.88. The van der Waals surface area contributed by atoms with E-state index in [1.54, 1.807) is 6.07 Å². The maximum absolute atomic E-state index is 13.3. The first-order chi connectivity index (χ1) is 12.5. The molecule has 0 radical (unpaired) electrons. The molecule has 0 fully saturated rings. The van der Waals surface area contributed by atoms with E-state index < -0.39 is 23.9 Å². The van der Waals surface area contributed by atoms with E-state index in [9.17, 15) is 14.0 Å². The van der Waals surface area contributed by atoms with Gasteiger partial charge in [-0.25, -0.2) is 9.18 Å². The molecule has 0 aliphatic carbocycles. The largest absolute Gasteiger partial charge is 0.445 e. The first-order valence-electron chi connectivity index (χ1n) is 8.53. The smallest absolute Gasteiger partial charge is 0.408 e. The summed E-state index contributed by atoms with van der Waals surface area (Å²) in [6, 6.07) is 14.1. The topological polar surface area (TPSA) is 67.4 Å². The number of hydrogen-bond donors (Lipinski definition) is 2. The highest BCUT2D eigenvalue weighted by Gasteiger charge is 2.26. The molecular formula is C20H23FN2O3. The standard InChI is InChI=1S/C20H23FN2O3/c1-3-14(2)18(19(24)22-17-11-7-10-16(21)12-17)23-20(25)26-13-15-8-5-4-6-9-15/h4-12,14,18H,3,13H2,1-2H3,(H,22,24)(H,23,25)/t14-,18-/m0/s1. The Hall–Kier alpha value is -2.89. The molecule has 0 unspecified atom stereocenters. The lowest BCUT2D eigenvalue weighted by Gasteiger charge is -2.23. The van der Waals surface area contributed by atoms with Gasteiger partial charge in [-0.3, -0.25) is 4.79 Å². The number of halogens is 1. The predicted molar refractivity (Wildman–Crippen MR) is 98.0 cm³/mol. The zero-order valence-corrected chi connectivity index (χ0v) is 14.9. The van der Waals surface area contributed by atoms with E-state index in [-0.39, 0.29) is 12.5 Å². The van der Waals surface area contributed by atoms with Crippen molar-refractivity contribution in [3.05, 3.63) is 66.0 Å². The number of nitrogens with one attached hydrogen (secondary N) is 2. The van der Waals surface area contributed by atoms with Crippen LogP contribution in [0.5, 0.6) is 0 Å². The minimum atomic E-state index is -0.786. The molecule has 2 amide bonds. The highest BCUT2D eigenvalue weighted by Crippen LogP contribution is 2.14. The molecule has 0 aliphatic rings. The van der Waals surface area contributed by atoms with Crippen molar-refractivity contribution in [1.82, 2.24) is 5.32 Å². The molecule has 2 aromatic rings. The van der Waals surface area contributed by atoms with E-state index in [0.717, 1.165) is 5.56 Å². The van der Waals surface area contributed by atoms with Crippen molar-refractivity contribution in [3.8, 4) is 0 Å². The molecule has 6 heteroatoms. The molecule has 0 saturated heterocycles. The van der Waals surface area contributed by atoms with Gasteiger partial charge in [0.05, 0.1) is 0 Å². The zero-order chi connectivity index (χ0) is 18.9. The van der Waals surface area contributed by atoms with Crippen molar-refractivity contribution < 1.29 is 18.7 Å². The highest BCUT2D eigenvalue weighted by atomic mass is 19.1. The van der Waals surface area contributed by atoms with Gasteiger partial charge in [0.2, 0.25) is 5.91 Å². The Kier molecular flexibility index (Phi) is 7.14. The summed E-state index contributed by atoms with van der Waals surface area (Å²) < 4.78 is 18.5. The number of carbonyl (C=O) groups is 2. The summed E-state index contributed by atoms with van der Waals surface area (Å²) >= 11 is 0. The number of rotatable bonds is 7. The van der Waals surface area contributed by atoms with Crippen LogP contribution >= 0.6 is 0 Å². The van der Waals surface area contributed by atoms with Crippen LogP contribution < -0.4 is 10.6 Å². The van der Waals surface area contributed by atoms with E-state index >= 15 is 0 Å². The average molecular weight is 358 g/mol. The Morgan fingerprint density at radius 2 is 1.85 bits per heavy atom. The maximum atomic E-state index is 13.3. The van der Waals surface area contributed by atoms with E-state index in [1.807, 2.05) is 44.2 Å². The van der Waals surface area contributed by atoms with E-state index in [2.05, 4.69) is 10.6 Å². The number of amides is 2. The SMILES string of the molecule is CC[C@H](C)[C@H](NC(=O)OCc1ccccc1)C(=O)Nc1cccc(F)c1. The molecule has 2 N–H and O–H groups in total. The van der Waals surface area contributed by atoms with Gasteiger partial charge >= 0.3 is 6.09 Å². The fourth-order valence-electron chi connectivity index (χ4n) is 2.38. The van der Waals surface area contributed by atoms with Crippen LogP contribution in [0.2, 0.25) is 0 Å². The summed E-state index contributed by atoms with van der Waals surface area (Å²) in [5.74, 6) is -0.979. The van der Waals surface area contributed by atoms with Crippen molar-refractivity contribution >= 4 is 17.7 Å². The van der Waals surface area contributed by atoms with Crippen molar-refractivity contribution in [2.75, 3.05) is 5.32 Å². The fourth-order valence-corrected chi connectivity index (χ4v) is 2.38. The lowest BCUT2D eigenvalue weighted by Crippen LogP contribution is -2.47. The third-order valence-corrected chi connectivity index (χ3v) is 4.07. The molecule has 0 aliphatic heterocycles. The van der Waals surface area contributed by atoms with Crippen molar-refractivity contribution in [1.29, 1.82) is 0 Å². The summed E-state index contributed by atoms with van der Waals surface area (Å²) in [7, 11) is 0. The molecule has 0 spiro atoms. The first kappa shape index (κ1) is 19.4. The van der Waals surface area contributed by atoms with E-state index in [0.29, 0.717) is 12.1 Å². The molecule has 26 heavy (non-hydrogen) atoms. The Morgan fingerprint density at radius 1 is 1.12 bits per heavy atom. The van der Waals surface area contributed by atoms with Crippen LogP contribution in [0.3, 0.4) is 0 Å². The number of ether oxygens (including phenoxy) is 1. The molecular weight excluding hydrogens is 335 g/mol. The number of benzene rings is 2. The minimum Gasteiger partial charge on any atom is -0.445 e. The summed E-state index contributed by atoms with van der Waals surface area (Å²) in [4.78, 5) is 24.6. The van der Waals surface area contributed by atoms with Gasteiger partial charge in [0, 0.05) is 5.69 Å². The number of hydrogen-bond acceptors (Lipinski definition) is 3. The van der Waals surface area contributed by atoms with Gasteiger partial charge < -0.3 is 15.4 Å². The van der Waals surface area contributed by atoms with Gasteiger partial charge in [0.25, 0.3) is 0 Å². The molecule has 0 aromatic heterocycles. The molecule has 2 rings (SSSR count). The second-order valence-electron chi connectivity index (χ2n) is 6.07. The summed E-state index contributed by atoms with van der Waals surface area (Å²) in [5, 5.41) is 5.23. The Labute approximate surface area is 152 Å². The van der Waals surface area contributed by atoms with Crippen LogP contribution in [0.25, 0.3) is 0 Å². The van der Waals surface area contributed by atoms with Crippen LogP contribution in [-0.4, -0.2) is 18.0 Å². The second kappa shape index (κ2) is 9.56. The van der Waals surface area contributed by atoms with Crippen LogP contribution in [-0.2, 0) is 16.1 Å². The molecule has 0 saturated carbocycles. The third-order valence-electron chi connectivity index (χ3n) is 4.07. The summed E-state index contributed by atoms with van der Waals surface area (Å²) in [6.45, 7) is 3.89. The monoisotopic (exact) mass is 358 g/mol. The highest BCUT2D eigenvalue weighted by molar-refractivity contribution is 5.96. The second-order valence-corrected chi connectivity index (χ2v) is 6.07. The lowest BCUT2D eigenvalue weighted by molar-refractivity contribution is -0.119. The first-order valence-corrected chi connectivity index (χ1v) is 8.53. The minimum absolute atomic E-state index is 0.116. The lowest BCUT2D eigenvalue weighted by atomic mass is 9.98. The Balaban J connectivity index is 1.97. The normalized spacial score (nSPS) is 12.7. The van der Waals surface area contributed by atoms with Gasteiger partial charge in [-0.1, -0.05) is 56.7 Å². The molecule has 0 heterocycles. The van der Waals surface area contributed by atoms with Crippen LogP contribution in [0.15, 0.2) is 54.6 Å². The predicted octanol–water partition coefficient (Wildman–Crippen LogP) is 4.11. The average Bonchev–Trinajstić information content (AvgIpc) is 2.64. The number of alkyl carbamates (subject to hydrolysis) is 1. The summed E-state index contributed by atoms with van der Waals surface area (Å²) in [6.07, 6.45) is 0.00811. The fraction of sp³-hybridized carbons (Fsp3) is 0.300. The maximum Gasteiger partial charge on any atom is 0.408 e. The quantitative estimate of drug-likeness (QED) is 0.783. The van der Waals surface area contributed by atoms with Gasteiger partial charge in [0.15, 0.2) is 0 Å². The Morgan fingerprint density at radius 3 is 2.50 bits per heavy atom. The van der Waals surface area contributed by atoms with E-state index in [4.69, 9.17) is 4.74 Å². The van der Waals surface area contributed by atoms with Gasteiger partial charge in [0.1, 0.15) is 18.5 Å². The molecule has 138 valence electrons. The van der Waals surface area contributed by atoms with Crippen molar-refractivity contribution in [2.45, 2.75) is 32.9 Å². The summed E-state index contributed by atoms with van der Waals surface area (Å²) in [5.41, 5.74) is 1.19. The van der Waals surface area contributed by atoms with Crippen LogP contribution in [0.1, 0.15) is 25.8 Å². The van der Waals surface area contributed by atoms with Crippen molar-refractivity contribution in [3.63, 3.8) is 0 Å². The van der Waals surface area contributed by atoms with Gasteiger partial charge in [-0.15, -0.1) is 0 Å². The molecule has 5 nitrogen and oxygen atoms in total. The van der Waals surface area contributed by atoms with Gasteiger partial charge in [-0.05, 0) is 29.7 Å². The van der Waals surface area contributed by atoms with Gasteiger partial charge in [-0.2, -0.15) is 0 Å². The molecule has 2 aromatic carbocycles. The molecule has 2 atom stereocenters. The molecule has 0 bridgehead atoms. The zero-order valence-electron chi connectivity index (χ0n) is 14.9. The van der Waals surface area contributed by atoms with Crippen LogP contribution in [0.4, 0.5) is 14.9 Å².